The molecule has 8 heteroatoms. The topological polar surface area (TPSA) is 102 Å². The van der Waals surface area contributed by atoms with E-state index in [9.17, 15) is 14.4 Å². The summed E-state index contributed by atoms with van der Waals surface area (Å²) >= 11 is 0. The van der Waals surface area contributed by atoms with E-state index in [1.807, 2.05) is 0 Å². The molecular weight excluding hydrogens is 290 g/mol. The van der Waals surface area contributed by atoms with Crippen molar-refractivity contribution in [3.8, 4) is 11.5 Å². The summed E-state index contributed by atoms with van der Waals surface area (Å²) < 4.78 is 11.0. The number of aromatic amines is 1. The molecule has 1 heterocycles. The zero-order chi connectivity index (χ0) is 16.3. The zero-order valence-corrected chi connectivity index (χ0v) is 12.3. The number of H-pyrrole nitrogens is 1. The lowest BCUT2D eigenvalue weighted by molar-refractivity contribution is 0.102. The minimum Gasteiger partial charge on any atom is -0.497 e. The molecule has 1 amide bonds. The van der Waals surface area contributed by atoms with Gasteiger partial charge in [0.1, 0.15) is 17.1 Å². The first-order valence-corrected chi connectivity index (χ1v) is 6.30. The highest BCUT2D eigenvalue weighted by Crippen LogP contribution is 2.29. The number of nitrogens with one attached hydrogen (secondary N) is 2. The molecule has 22 heavy (non-hydrogen) atoms. The molecule has 2 rings (SSSR count). The third kappa shape index (κ3) is 2.85. The largest absolute Gasteiger partial charge is 0.497 e. The van der Waals surface area contributed by atoms with Crippen molar-refractivity contribution < 1.29 is 14.3 Å². The predicted octanol–water partition coefficient (Wildman–Crippen LogP) is 0.343. The van der Waals surface area contributed by atoms with Crippen LogP contribution in [0.3, 0.4) is 0 Å². The fraction of sp³-hybridized carbons (Fsp3) is 0.214. The Morgan fingerprint density at radius 1 is 1.23 bits per heavy atom. The molecule has 0 saturated carbocycles. The van der Waals surface area contributed by atoms with Crippen LogP contribution in [0, 0.1) is 0 Å². The van der Waals surface area contributed by atoms with E-state index < -0.39 is 17.2 Å². The van der Waals surface area contributed by atoms with Gasteiger partial charge in [0.25, 0.3) is 11.5 Å². The minimum atomic E-state index is -0.686. The molecule has 0 aliphatic rings. The summed E-state index contributed by atoms with van der Waals surface area (Å²) in [5.41, 5.74) is -1.08. The van der Waals surface area contributed by atoms with E-state index in [0.717, 1.165) is 10.8 Å². The Kier molecular flexibility index (Phi) is 4.31. The van der Waals surface area contributed by atoms with Gasteiger partial charge in [-0.05, 0) is 12.1 Å². The maximum atomic E-state index is 12.2. The number of ether oxygens (including phenoxy) is 2. The van der Waals surface area contributed by atoms with Crippen LogP contribution < -0.4 is 26.0 Å². The molecule has 8 nitrogen and oxygen atoms in total. The lowest BCUT2D eigenvalue weighted by atomic mass is 10.2. The Balaban J connectivity index is 2.36. The summed E-state index contributed by atoms with van der Waals surface area (Å²) in [6.07, 6.45) is 1.08. The number of rotatable bonds is 4. The van der Waals surface area contributed by atoms with Crippen LogP contribution in [0.2, 0.25) is 0 Å². The van der Waals surface area contributed by atoms with Crippen LogP contribution >= 0.6 is 0 Å². The highest BCUT2D eigenvalue weighted by molar-refractivity contribution is 6.04. The Morgan fingerprint density at radius 2 is 1.95 bits per heavy atom. The van der Waals surface area contributed by atoms with Gasteiger partial charge >= 0.3 is 5.69 Å². The van der Waals surface area contributed by atoms with Crippen LogP contribution in [0.15, 0.2) is 34.0 Å². The number of carbonyl (C=O) groups is 1. The number of carbonyl (C=O) groups excluding carboxylic acids is 1. The smallest absolute Gasteiger partial charge is 0.328 e. The number of hydrogen-bond donors (Lipinski definition) is 2. The van der Waals surface area contributed by atoms with Gasteiger partial charge in [-0.2, -0.15) is 0 Å². The van der Waals surface area contributed by atoms with Crippen molar-refractivity contribution >= 4 is 11.6 Å². The fourth-order valence-corrected chi connectivity index (χ4v) is 1.82. The Hall–Kier alpha value is -3.03. The Labute approximate surface area is 125 Å². The average molecular weight is 305 g/mol. The second kappa shape index (κ2) is 6.17. The standard InChI is InChI=1S/C14H15N3O5/c1-17-13(19)9(7-15-14(17)20)12(18)16-10-5-4-8(21-2)6-11(10)22-3/h4-7H,1-3H3,(H,15,20)(H,16,18). The molecule has 0 aliphatic heterocycles. The second-order valence-electron chi connectivity index (χ2n) is 4.39. The number of anilines is 1. The van der Waals surface area contributed by atoms with Crippen molar-refractivity contribution in [2.45, 2.75) is 0 Å². The van der Waals surface area contributed by atoms with Crippen LogP contribution in [0.5, 0.6) is 11.5 Å². The summed E-state index contributed by atoms with van der Waals surface area (Å²) in [5, 5.41) is 2.56. The molecule has 0 unspecified atom stereocenters. The highest BCUT2D eigenvalue weighted by Gasteiger charge is 2.15. The van der Waals surface area contributed by atoms with E-state index in [-0.39, 0.29) is 5.56 Å². The third-order valence-corrected chi connectivity index (χ3v) is 3.08. The molecule has 0 fully saturated rings. The lowest BCUT2D eigenvalue weighted by Gasteiger charge is -2.11. The van der Waals surface area contributed by atoms with Crippen molar-refractivity contribution in [2.24, 2.45) is 7.05 Å². The van der Waals surface area contributed by atoms with Crippen LogP contribution in [0.1, 0.15) is 10.4 Å². The molecule has 116 valence electrons. The molecule has 2 N–H and O–H groups in total. The molecule has 1 aromatic heterocycles. The minimum absolute atomic E-state index is 0.181. The van der Waals surface area contributed by atoms with E-state index in [1.165, 1.54) is 21.3 Å². The van der Waals surface area contributed by atoms with Crippen LogP contribution in [0.4, 0.5) is 5.69 Å². The summed E-state index contributed by atoms with van der Waals surface area (Å²) in [6, 6.07) is 4.83. The van der Waals surface area contributed by atoms with Crippen LogP contribution in [0.25, 0.3) is 0 Å². The number of benzene rings is 1. The maximum absolute atomic E-state index is 12.2. The number of hydrogen-bond acceptors (Lipinski definition) is 5. The number of aromatic nitrogens is 2. The van der Waals surface area contributed by atoms with Crippen molar-refractivity contribution in [1.82, 2.24) is 9.55 Å². The first-order valence-electron chi connectivity index (χ1n) is 6.30. The summed E-state index contributed by atoms with van der Waals surface area (Å²) in [4.78, 5) is 37.7. The van der Waals surface area contributed by atoms with Gasteiger partial charge in [-0.3, -0.25) is 14.2 Å². The van der Waals surface area contributed by atoms with Crippen molar-refractivity contribution in [2.75, 3.05) is 19.5 Å². The molecule has 0 spiro atoms. The van der Waals surface area contributed by atoms with E-state index in [0.29, 0.717) is 17.2 Å². The molecule has 0 atom stereocenters. The number of amides is 1. The predicted molar refractivity (Wildman–Crippen MR) is 79.8 cm³/mol. The third-order valence-electron chi connectivity index (χ3n) is 3.08. The first kappa shape index (κ1) is 15.4. The monoisotopic (exact) mass is 305 g/mol. The molecular formula is C14H15N3O5. The highest BCUT2D eigenvalue weighted by atomic mass is 16.5. The van der Waals surface area contributed by atoms with Crippen molar-refractivity contribution in [1.29, 1.82) is 0 Å². The fourth-order valence-electron chi connectivity index (χ4n) is 1.82. The molecule has 0 radical (unpaired) electrons. The van der Waals surface area contributed by atoms with Gasteiger partial charge in [0.2, 0.25) is 0 Å². The quantitative estimate of drug-likeness (QED) is 0.848. The van der Waals surface area contributed by atoms with E-state index >= 15 is 0 Å². The normalized spacial score (nSPS) is 10.1. The Bertz CT molecular complexity index is 822. The average Bonchev–Trinajstić information content (AvgIpc) is 2.53. The SMILES string of the molecule is COc1ccc(NC(=O)c2c[nH]c(=O)n(C)c2=O)c(OC)c1. The lowest BCUT2D eigenvalue weighted by Crippen LogP contribution is -2.37. The summed E-state index contributed by atoms with van der Waals surface area (Å²) in [5.74, 6) is 0.295. The van der Waals surface area contributed by atoms with Crippen LogP contribution in [-0.4, -0.2) is 29.7 Å². The molecule has 2 aromatic rings. The van der Waals surface area contributed by atoms with Gasteiger partial charge in [-0.1, -0.05) is 0 Å². The van der Waals surface area contributed by atoms with Crippen molar-refractivity contribution in [3.63, 3.8) is 0 Å². The number of methoxy groups -OCH3 is 2. The summed E-state index contributed by atoms with van der Waals surface area (Å²) in [7, 11) is 4.24. The molecule has 0 saturated heterocycles. The van der Waals surface area contributed by atoms with E-state index in [4.69, 9.17) is 9.47 Å². The van der Waals surface area contributed by atoms with Gasteiger partial charge in [0, 0.05) is 19.3 Å². The van der Waals surface area contributed by atoms with Gasteiger partial charge in [-0.15, -0.1) is 0 Å². The van der Waals surface area contributed by atoms with Gasteiger partial charge in [-0.25, -0.2) is 4.79 Å². The maximum Gasteiger partial charge on any atom is 0.328 e. The first-order chi connectivity index (χ1) is 10.5. The second-order valence-corrected chi connectivity index (χ2v) is 4.39. The molecule has 1 aromatic carbocycles. The summed E-state index contributed by atoms with van der Waals surface area (Å²) in [6.45, 7) is 0. The number of nitrogens with zero attached hydrogens (tertiary/aromatic N) is 1. The van der Waals surface area contributed by atoms with E-state index in [2.05, 4.69) is 10.3 Å². The van der Waals surface area contributed by atoms with Crippen molar-refractivity contribution in [3.05, 3.63) is 50.8 Å². The van der Waals surface area contributed by atoms with Gasteiger partial charge < -0.3 is 19.8 Å². The van der Waals surface area contributed by atoms with E-state index in [1.54, 1.807) is 18.2 Å². The van der Waals surface area contributed by atoms with Gasteiger partial charge in [0.15, 0.2) is 0 Å². The Morgan fingerprint density at radius 3 is 2.59 bits per heavy atom. The zero-order valence-electron chi connectivity index (χ0n) is 12.3. The van der Waals surface area contributed by atoms with Gasteiger partial charge in [0.05, 0.1) is 19.9 Å². The molecule has 0 aliphatic carbocycles. The van der Waals surface area contributed by atoms with Crippen LogP contribution in [-0.2, 0) is 7.05 Å². The molecule has 0 bridgehead atoms.